The van der Waals surface area contributed by atoms with Gasteiger partial charge in [-0.2, -0.15) is 0 Å². The van der Waals surface area contributed by atoms with E-state index in [-0.39, 0.29) is 0 Å². The predicted octanol–water partition coefficient (Wildman–Crippen LogP) is 4.33. The maximum absolute atomic E-state index is 5.82. The number of aryl methyl sites for hydroxylation is 1. The van der Waals surface area contributed by atoms with Crippen molar-refractivity contribution >= 4 is 0 Å². The van der Waals surface area contributed by atoms with Gasteiger partial charge in [-0.1, -0.05) is 38.5 Å². The summed E-state index contributed by atoms with van der Waals surface area (Å²) in [7, 11) is 0. The van der Waals surface area contributed by atoms with Crippen molar-refractivity contribution in [3.8, 4) is 11.6 Å². The zero-order valence-electron chi connectivity index (χ0n) is 12.9. The highest BCUT2D eigenvalue weighted by molar-refractivity contribution is 5.31. The summed E-state index contributed by atoms with van der Waals surface area (Å²) in [6, 6.07) is 14.2. The molecule has 0 spiro atoms. The smallest absolute Gasteiger partial charge is 0.219 e. The van der Waals surface area contributed by atoms with Crippen molar-refractivity contribution in [2.45, 2.75) is 39.7 Å². The van der Waals surface area contributed by atoms with Crippen LogP contribution in [0.15, 0.2) is 42.5 Å². The molecular formula is C18H24N2O. The van der Waals surface area contributed by atoms with Gasteiger partial charge in [-0.05, 0) is 43.1 Å². The molecular weight excluding hydrogens is 260 g/mol. The summed E-state index contributed by atoms with van der Waals surface area (Å²) in [5, 5.41) is 3.26. The van der Waals surface area contributed by atoms with Crippen molar-refractivity contribution < 1.29 is 4.74 Å². The minimum Gasteiger partial charge on any atom is -0.439 e. The minimum atomic E-state index is 0.645. The number of pyridine rings is 1. The van der Waals surface area contributed by atoms with Crippen LogP contribution in [0.25, 0.3) is 0 Å². The van der Waals surface area contributed by atoms with E-state index in [0.717, 1.165) is 31.0 Å². The Kier molecular flexibility index (Phi) is 6.22. The van der Waals surface area contributed by atoms with Gasteiger partial charge in [-0.25, -0.2) is 4.98 Å². The molecule has 0 fully saturated rings. The van der Waals surface area contributed by atoms with E-state index in [1.165, 1.54) is 18.4 Å². The molecule has 0 saturated carbocycles. The summed E-state index contributed by atoms with van der Waals surface area (Å²) in [6.07, 6.45) is 3.59. The zero-order valence-corrected chi connectivity index (χ0v) is 12.9. The van der Waals surface area contributed by atoms with Crippen molar-refractivity contribution in [3.63, 3.8) is 0 Å². The first-order valence-electron chi connectivity index (χ1n) is 7.75. The van der Waals surface area contributed by atoms with E-state index in [2.05, 4.69) is 36.3 Å². The molecule has 0 unspecified atom stereocenters. The van der Waals surface area contributed by atoms with Gasteiger partial charge in [0.1, 0.15) is 5.75 Å². The average Bonchev–Trinajstić information content (AvgIpc) is 2.53. The first kappa shape index (κ1) is 15.5. The van der Waals surface area contributed by atoms with Crippen LogP contribution in [0, 0.1) is 0 Å². The van der Waals surface area contributed by atoms with Gasteiger partial charge in [0.15, 0.2) is 0 Å². The molecule has 112 valence electrons. The van der Waals surface area contributed by atoms with Crippen LogP contribution >= 0.6 is 0 Å². The number of hydrogen-bond acceptors (Lipinski definition) is 3. The fourth-order valence-corrected chi connectivity index (χ4v) is 2.09. The molecule has 1 heterocycles. The average molecular weight is 284 g/mol. The molecule has 1 N–H and O–H groups in total. The summed E-state index contributed by atoms with van der Waals surface area (Å²) in [5.74, 6) is 1.48. The summed E-state index contributed by atoms with van der Waals surface area (Å²) in [6.45, 7) is 6.00. The Morgan fingerprint density at radius 1 is 1.05 bits per heavy atom. The molecule has 1 aromatic carbocycles. The molecule has 0 aliphatic carbocycles. The van der Waals surface area contributed by atoms with Gasteiger partial charge in [0.2, 0.25) is 5.88 Å². The summed E-state index contributed by atoms with van der Waals surface area (Å²) < 4.78 is 5.82. The Morgan fingerprint density at radius 2 is 1.86 bits per heavy atom. The van der Waals surface area contributed by atoms with E-state index >= 15 is 0 Å². The van der Waals surface area contributed by atoms with E-state index in [1.807, 2.05) is 30.3 Å². The van der Waals surface area contributed by atoms with E-state index in [0.29, 0.717) is 5.88 Å². The SMILES string of the molecule is CCCCc1ccc(Oc2cccc(CNCC)n2)cc1. The van der Waals surface area contributed by atoms with Crippen LogP contribution in [0.1, 0.15) is 37.9 Å². The van der Waals surface area contributed by atoms with Crippen molar-refractivity contribution in [1.29, 1.82) is 0 Å². The Balaban J connectivity index is 1.97. The van der Waals surface area contributed by atoms with E-state index in [1.54, 1.807) is 0 Å². The lowest BCUT2D eigenvalue weighted by molar-refractivity contribution is 0.459. The first-order valence-corrected chi connectivity index (χ1v) is 7.75. The Bertz CT molecular complexity index is 537. The van der Waals surface area contributed by atoms with Crippen LogP contribution in [-0.2, 0) is 13.0 Å². The molecule has 21 heavy (non-hydrogen) atoms. The number of nitrogens with one attached hydrogen (secondary N) is 1. The van der Waals surface area contributed by atoms with Crippen LogP contribution in [0.5, 0.6) is 11.6 Å². The quantitative estimate of drug-likeness (QED) is 0.783. The Hall–Kier alpha value is -1.87. The molecule has 3 nitrogen and oxygen atoms in total. The first-order chi connectivity index (χ1) is 10.3. The minimum absolute atomic E-state index is 0.645. The lowest BCUT2D eigenvalue weighted by Gasteiger charge is -2.08. The number of aromatic nitrogens is 1. The summed E-state index contributed by atoms with van der Waals surface area (Å²) in [5.41, 5.74) is 2.35. The van der Waals surface area contributed by atoms with Gasteiger partial charge >= 0.3 is 0 Å². The number of rotatable bonds is 8. The second kappa shape index (κ2) is 8.42. The van der Waals surface area contributed by atoms with Crippen molar-refractivity contribution in [2.24, 2.45) is 0 Å². The van der Waals surface area contributed by atoms with Gasteiger partial charge in [-0.3, -0.25) is 0 Å². The summed E-state index contributed by atoms with van der Waals surface area (Å²) >= 11 is 0. The second-order valence-corrected chi connectivity index (χ2v) is 5.10. The van der Waals surface area contributed by atoms with Crippen molar-refractivity contribution in [2.75, 3.05) is 6.54 Å². The monoisotopic (exact) mass is 284 g/mol. The van der Waals surface area contributed by atoms with Gasteiger partial charge in [-0.15, -0.1) is 0 Å². The fraction of sp³-hybridized carbons (Fsp3) is 0.389. The van der Waals surface area contributed by atoms with Crippen molar-refractivity contribution in [3.05, 3.63) is 53.7 Å². The molecule has 0 amide bonds. The molecule has 0 aliphatic heterocycles. The molecule has 0 saturated heterocycles. The van der Waals surface area contributed by atoms with Gasteiger partial charge in [0.05, 0.1) is 5.69 Å². The lowest BCUT2D eigenvalue weighted by Crippen LogP contribution is -2.12. The highest BCUT2D eigenvalue weighted by Gasteiger charge is 2.01. The number of ether oxygens (including phenoxy) is 1. The maximum atomic E-state index is 5.82. The normalized spacial score (nSPS) is 10.6. The third-order valence-corrected chi connectivity index (χ3v) is 3.30. The topological polar surface area (TPSA) is 34.1 Å². The van der Waals surface area contributed by atoms with Crippen LogP contribution in [0.4, 0.5) is 0 Å². The van der Waals surface area contributed by atoms with Crippen molar-refractivity contribution in [1.82, 2.24) is 10.3 Å². The number of hydrogen-bond donors (Lipinski definition) is 1. The molecule has 0 radical (unpaired) electrons. The highest BCUT2D eigenvalue weighted by Crippen LogP contribution is 2.20. The Labute approximate surface area is 127 Å². The number of unbranched alkanes of at least 4 members (excludes halogenated alkanes) is 1. The summed E-state index contributed by atoms with van der Waals surface area (Å²) in [4.78, 5) is 4.49. The van der Waals surface area contributed by atoms with Gasteiger partial charge in [0, 0.05) is 12.6 Å². The van der Waals surface area contributed by atoms with E-state index in [4.69, 9.17) is 4.74 Å². The molecule has 2 aromatic rings. The molecule has 3 heteroatoms. The highest BCUT2D eigenvalue weighted by atomic mass is 16.5. The standard InChI is InChI=1S/C18H24N2O/c1-3-5-7-15-10-12-17(13-11-15)21-18-9-6-8-16(20-18)14-19-4-2/h6,8-13,19H,3-5,7,14H2,1-2H3. The number of benzene rings is 1. The van der Waals surface area contributed by atoms with E-state index in [9.17, 15) is 0 Å². The van der Waals surface area contributed by atoms with Gasteiger partial charge < -0.3 is 10.1 Å². The molecule has 2 rings (SSSR count). The third kappa shape index (κ3) is 5.20. The van der Waals surface area contributed by atoms with E-state index < -0.39 is 0 Å². The largest absolute Gasteiger partial charge is 0.439 e. The predicted molar refractivity (Wildman–Crippen MR) is 86.7 cm³/mol. The van der Waals surface area contributed by atoms with Crippen LogP contribution in [-0.4, -0.2) is 11.5 Å². The second-order valence-electron chi connectivity index (χ2n) is 5.10. The number of nitrogens with zero attached hydrogens (tertiary/aromatic N) is 1. The molecule has 0 bridgehead atoms. The molecule has 1 aromatic heterocycles. The maximum Gasteiger partial charge on any atom is 0.219 e. The van der Waals surface area contributed by atoms with Gasteiger partial charge in [0.25, 0.3) is 0 Å². The zero-order chi connectivity index (χ0) is 14.9. The lowest BCUT2D eigenvalue weighted by atomic mass is 10.1. The Morgan fingerprint density at radius 3 is 2.57 bits per heavy atom. The molecule has 0 atom stereocenters. The van der Waals surface area contributed by atoms with Crippen LogP contribution in [0.2, 0.25) is 0 Å². The fourth-order valence-electron chi connectivity index (χ4n) is 2.09. The third-order valence-electron chi connectivity index (χ3n) is 3.30. The van der Waals surface area contributed by atoms with Crippen LogP contribution in [0.3, 0.4) is 0 Å². The van der Waals surface area contributed by atoms with Crippen LogP contribution < -0.4 is 10.1 Å². The molecule has 0 aliphatic rings.